The lowest BCUT2D eigenvalue weighted by atomic mass is 10.2. The Hall–Kier alpha value is -2.41. The number of para-hydroxylation sites is 1. The fourth-order valence-corrected chi connectivity index (χ4v) is 3.15. The number of hydrogen-bond donors (Lipinski definition) is 0. The van der Waals surface area contributed by atoms with Crippen LogP contribution in [0.1, 0.15) is 5.76 Å². The third-order valence-corrected chi connectivity index (χ3v) is 5.11. The maximum Gasteiger partial charge on any atom is 0.341 e. The maximum absolute atomic E-state index is 12.5. The van der Waals surface area contributed by atoms with Crippen LogP contribution in [-0.4, -0.2) is 21.2 Å². The second kappa shape index (κ2) is 6.24. The molecular weight excluding hydrogens is 336 g/mol. The first-order valence-electron chi connectivity index (χ1n) is 7.18. The van der Waals surface area contributed by atoms with E-state index in [-0.39, 0.29) is 0 Å². The zero-order valence-electron chi connectivity index (χ0n) is 12.8. The number of rotatable bonds is 5. The quantitative estimate of drug-likeness (QED) is 0.695. The van der Waals surface area contributed by atoms with Crippen molar-refractivity contribution in [2.24, 2.45) is 0 Å². The minimum absolute atomic E-state index is 0.390. The lowest BCUT2D eigenvalue weighted by molar-refractivity contribution is 0.234. The van der Waals surface area contributed by atoms with Gasteiger partial charge in [-0.3, -0.25) is 0 Å². The molecule has 0 unspecified atom stereocenters. The van der Waals surface area contributed by atoms with Gasteiger partial charge in [-0.1, -0.05) is 18.2 Å². The molecule has 1 aromatic heterocycles. The van der Waals surface area contributed by atoms with E-state index in [1.807, 2.05) is 42.3 Å². The topological polar surface area (TPSA) is 50.5 Å². The molecule has 24 heavy (non-hydrogen) atoms. The SMILES string of the molecule is CN(Cc1cc2ccccc2o1)c1ccc(S(=O)(=O)C(F)F)cc1. The molecule has 2 aromatic carbocycles. The highest BCUT2D eigenvalue weighted by Gasteiger charge is 2.26. The van der Waals surface area contributed by atoms with Gasteiger partial charge in [0.15, 0.2) is 0 Å². The van der Waals surface area contributed by atoms with Crippen LogP contribution in [0, 0.1) is 0 Å². The summed E-state index contributed by atoms with van der Waals surface area (Å²) >= 11 is 0. The van der Waals surface area contributed by atoms with Crippen molar-refractivity contribution in [3.8, 4) is 0 Å². The molecule has 3 aromatic rings. The minimum atomic E-state index is -4.57. The van der Waals surface area contributed by atoms with Gasteiger partial charge in [-0.2, -0.15) is 8.78 Å². The van der Waals surface area contributed by atoms with Crippen LogP contribution in [0.4, 0.5) is 14.5 Å². The van der Waals surface area contributed by atoms with Gasteiger partial charge < -0.3 is 9.32 Å². The van der Waals surface area contributed by atoms with E-state index in [2.05, 4.69) is 0 Å². The van der Waals surface area contributed by atoms with E-state index in [4.69, 9.17) is 4.42 Å². The molecule has 0 aliphatic carbocycles. The van der Waals surface area contributed by atoms with Gasteiger partial charge in [0.25, 0.3) is 0 Å². The van der Waals surface area contributed by atoms with E-state index in [9.17, 15) is 17.2 Å². The van der Waals surface area contributed by atoms with Crippen molar-refractivity contribution in [1.29, 1.82) is 0 Å². The Bertz CT molecular complexity index is 916. The highest BCUT2D eigenvalue weighted by molar-refractivity contribution is 7.91. The van der Waals surface area contributed by atoms with Crippen LogP contribution in [-0.2, 0) is 16.4 Å². The summed E-state index contributed by atoms with van der Waals surface area (Å²) in [6, 6.07) is 14.9. The smallest absolute Gasteiger partial charge is 0.341 e. The molecule has 0 saturated carbocycles. The molecule has 0 aliphatic rings. The number of nitrogens with zero attached hydrogens (tertiary/aromatic N) is 1. The van der Waals surface area contributed by atoms with Crippen LogP contribution in [0.2, 0.25) is 0 Å². The van der Waals surface area contributed by atoms with Gasteiger partial charge >= 0.3 is 5.76 Å². The van der Waals surface area contributed by atoms with Crippen LogP contribution < -0.4 is 4.90 Å². The van der Waals surface area contributed by atoms with Crippen LogP contribution in [0.25, 0.3) is 11.0 Å². The molecule has 0 bridgehead atoms. The van der Waals surface area contributed by atoms with E-state index in [0.29, 0.717) is 12.2 Å². The Morgan fingerprint density at radius 3 is 2.38 bits per heavy atom. The number of alkyl halides is 2. The van der Waals surface area contributed by atoms with Crippen LogP contribution in [0.3, 0.4) is 0 Å². The van der Waals surface area contributed by atoms with E-state index >= 15 is 0 Å². The Morgan fingerprint density at radius 2 is 1.75 bits per heavy atom. The third kappa shape index (κ3) is 3.12. The molecule has 1 heterocycles. The first kappa shape index (κ1) is 16.4. The summed E-state index contributed by atoms with van der Waals surface area (Å²) in [6.07, 6.45) is 0. The fraction of sp³-hybridized carbons (Fsp3) is 0.176. The van der Waals surface area contributed by atoms with Crippen LogP contribution in [0.5, 0.6) is 0 Å². The Balaban J connectivity index is 1.79. The van der Waals surface area contributed by atoms with E-state index in [0.717, 1.165) is 16.7 Å². The first-order valence-corrected chi connectivity index (χ1v) is 8.73. The average molecular weight is 351 g/mol. The molecule has 0 fully saturated rings. The lowest BCUT2D eigenvalue weighted by Crippen LogP contribution is -2.16. The zero-order valence-corrected chi connectivity index (χ0v) is 13.6. The van der Waals surface area contributed by atoms with Crippen molar-refractivity contribution >= 4 is 26.5 Å². The van der Waals surface area contributed by atoms with E-state index < -0.39 is 20.5 Å². The van der Waals surface area contributed by atoms with Gasteiger partial charge in [0, 0.05) is 18.1 Å². The highest BCUT2D eigenvalue weighted by Crippen LogP contribution is 2.24. The predicted molar refractivity (Wildman–Crippen MR) is 88.0 cm³/mol. The molecular formula is C17H15F2NO3S. The number of fused-ring (bicyclic) bond motifs is 1. The first-order chi connectivity index (χ1) is 11.4. The van der Waals surface area contributed by atoms with Gasteiger partial charge in [0.05, 0.1) is 11.4 Å². The molecule has 7 heteroatoms. The zero-order chi connectivity index (χ0) is 17.3. The number of halogens is 2. The Labute approximate surface area is 138 Å². The van der Waals surface area contributed by atoms with Crippen molar-refractivity contribution < 1.29 is 21.6 Å². The van der Waals surface area contributed by atoms with Crippen LogP contribution >= 0.6 is 0 Å². The largest absolute Gasteiger partial charge is 0.459 e. The van der Waals surface area contributed by atoms with Crippen molar-refractivity contribution in [1.82, 2.24) is 0 Å². The summed E-state index contributed by atoms with van der Waals surface area (Å²) in [6.45, 7) is 0.468. The second-order valence-corrected chi connectivity index (χ2v) is 7.32. The summed E-state index contributed by atoms with van der Waals surface area (Å²) in [5.74, 6) is -2.67. The van der Waals surface area contributed by atoms with E-state index in [1.54, 1.807) is 0 Å². The van der Waals surface area contributed by atoms with E-state index in [1.165, 1.54) is 24.3 Å². The number of anilines is 1. The number of furan rings is 1. The normalized spacial score (nSPS) is 12.0. The third-order valence-electron chi connectivity index (χ3n) is 3.71. The lowest BCUT2D eigenvalue weighted by Gasteiger charge is -2.18. The number of benzene rings is 2. The summed E-state index contributed by atoms with van der Waals surface area (Å²) < 4.78 is 53.7. The molecule has 0 atom stereocenters. The van der Waals surface area contributed by atoms with Crippen molar-refractivity contribution in [3.05, 3.63) is 60.4 Å². The second-order valence-electron chi connectivity index (χ2n) is 5.41. The van der Waals surface area contributed by atoms with Gasteiger partial charge in [0.1, 0.15) is 11.3 Å². The van der Waals surface area contributed by atoms with Crippen molar-refractivity contribution in [2.75, 3.05) is 11.9 Å². The minimum Gasteiger partial charge on any atom is -0.459 e. The Morgan fingerprint density at radius 1 is 1.08 bits per heavy atom. The highest BCUT2D eigenvalue weighted by atomic mass is 32.2. The van der Waals surface area contributed by atoms with Crippen molar-refractivity contribution in [2.45, 2.75) is 17.2 Å². The Kier molecular flexibility index (Phi) is 4.28. The van der Waals surface area contributed by atoms with Gasteiger partial charge in [-0.05, 0) is 36.4 Å². The summed E-state index contributed by atoms with van der Waals surface area (Å²) in [5.41, 5.74) is 1.49. The van der Waals surface area contributed by atoms with Crippen molar-refractivity contribution in [3.63, 3.8) is 0 Å². The number of hydrogen-bond acceptors (Lipinski definition) is 4. The predicted octanol–water partition coefficient (Wildman–Crippen LogP) is 4.07. The molecule has 0 aliphatic heterocycles. The molecule has 0 saturated heterocycles. The molecule has 126 valence electrons. The fourth-order valence-electron chi connectivity index (χ4n) is 2.43. The number of sulfone groups is 1. The summed E-state index contributed by atoms with van der Waals surface area (Å²) in [7, 11) is -2.76. The molecule has 0 amide bonds. The molecule has 3 rings (SSSR count). The molecule has 0 radical (unpaired) electrons. The average Bonchev–Trinajstić information content (AvgIpc) is 2.97. The van der Waals surface area contributed by atoms with Gasteiger partial charge in [-0.25, -0.2) is 8.42 Å². The standard InChI is InChI=1S/C17H15F2NO3S/c1-20(11-14-10-12-4-2-3-5-16(12)23-14)13-6-8-15(9-7-13)24(21,22)17(18)19/h2-10,17H,11H2,1H3. The molecule has 0 spiro atoms. The van der Waals surface area contributed by atoms with Gasteiger partial charge in [0.2, 0.25) is 9.84 Å². The molecule has 4 nitrogen and oxygen atoms in total. The maximum atomic E-state index is 12.5. The van der Waals surface area contributed by atoms with Gasteiger partial charge in [-0.15, -0.1) is 0 Å². The summed E-state index contributed by atoms with van der Waals surface area (Å²) in [4.78, 5) is 1.45. The molecule has 0 N–H and O–H groups in total. The summed E-state index contributed by atoms with van der Waals surface area (Å²) in [5, 5.41) is 0.999. The van der Waals surface area contributed by atoms with Crippen LogP contribution in [0.15, 0.2) is 63.9 Å². The monoisotopic (exact) mass is 351 g/mol.